The van der Waals surface area contributed by atoms with Crippen LogP contribution >= 0.6 is 0 Å². The molecule has 0 bridgehead atoms. The molecule has 3 heteroatoms. The second kappa shape index (κ2) is 7.49. The molecule has 2 rings (SSSR count). The Morgan fingerprint density at radius 3 is 3.11 bits per heavy atom. The van der Waals surface area contributed by atoms with E-state index in [0.717, 1.165) is 25.9 Å². The van der Waals surface area contributed by atoms with Crippen LogP contribution in [0, 0.1) is 0 Å². The molecule has 18 heavy (non-hydrogen) atoms. The highest BCUT2D eigenvalue weighted by Gasteiger charge is 2.15. The van der Waals surface area contributed by atoms with Crippen LogP contribution in [-0.4, -0.2) is 23.7 Å². The summed E-state index contributed by atoms with van der Waals surface area (Å²) in [5.41, 5.74) is 7.43. The zero-order valence-corrected chi connectivity index (χ0v) is 11.1. The first-order valence-electron chi connectivity index (χ1n) is 7.10. The fraction of sp³-hybridized carbons (Fsp3) is 0.667. The number of pyridine rings is 1. The Morgan fingerprint density at radius 1 is 1.44 bits per heavy atom. The number of nitrogens with two attached hydrogens (primary N) is 1. The molecule has 1 aromatic heterocycles. The molecule has 3 nitrogen and oxygen atoms in total. The summed E-state index contributed by atoms with van der Waals surface area (Å²) in [6.45, 7) is 0.956. The predicted octanol–water partition coefficient (Wildman–Crippen LogP) is 2.69. The summed E-state index contributed by atoms with van der Waals surface area (Å²) in [6.07, 6.45) is 12.3. The third-order valence-corrected chi connectivity index (χ3v) is 3.65. The first-order chi connectivity index (χ1) is 8.84. The van der Waals surface area contributed by atoms with Crippen molar-refractivity contribution >= 4 is 0 Å². The van der Waals surface area contributed by atoms with Crippen LogP contribution in [0.5, 0.6) is 0 Å². The second-order valence-corrected chi connectivity index (χ2v) is 5.23. The smallest absolute Gasteiger partial charge is 0.0576 e. The average Bonchev–Trinajstić information content (AvgIpc) is 2.91. The molecule has 1 saturated heterocycles. The molecule has 2 heterocycles. The van der Waals surface area contributed by atoms with Crippen molar-refractivity contribution in [3.63, 3.8) is 0 Å². The molecule has 0 aromatic carbocycles. The molecule has 1 aliphatic rings. The number of hydrogen-bond donors (Lipinski definition) is 1. The van der Waals surface area contributed by atoms with E-state index in [0.29, 0.717) is 12.1 Å². The largest absolute Gasteiger partial charge is 0.378 e. The predicted molar refractivity (Wildman–Crippen MR) is 73.4 cm³/mol. The minimum Gasteiger partial charge on any atom is -0.378 e. The molecule has 0 aliphatic carbocycles. The van der Waals surface area contributed by atoms with Gasteiger partial charge < -0.3 is 10.5 Å². The lowest BCUT2D eigenvalue weighted by molar-refractivity contribution is 0.101. The van der Waals surface area contributed by atoms with Gasteiger partial charge in [-0.1, -0.05) is 6.07 Å². The Labute approximate surface area is 110 Å². The molecule has 2 N–H and O–H groups in total. The van der Waals surface area contributed by atoms with Gasteiger partial charge in [0, 0.05) is 25.0 Å². The molecular weight excluding hydrogens is 224 g/mol. The van der Waals surface area contributed by atoms with Crippen molar-refractivity contribution in [3.8, 4) is 0 Å². The molecule has 0 saturated carbocycles. The third kappa shape index (κ3) is 4.75. The molecule has 1 aromatic rings. The van der Waals surface area contributed by atoms with E-state index in [-0.39, 0.29) is 0 Å². The fourth-order valence-electron chi connectivity index (χ4n) is 2.52. The van der Waals surface area contributed by atoms with Crippen molar-refractivity contribution in [2.45, 2.75) is 57.1 Å². The monoisotopic (exact) mass is 248 g/mol. The molecule has 0 radical (unpaired) electrons. The summed E-state index contributed by atoms with van der Waals surface area (Å²) in [6, 6.07) is 4.41. The van der Waals surface area contributed by atoms with Crippen molar-refractivity contribution in [2.75, 3.05) is 6.61 Å². The van der Waals surface area contributed by atoms with Crippen molar-refractivity contribution < 1.29 is 4.74 Å². The third-order valence-electron chi connectivity index (χ3n) is 3.65. The molecule has 1 aliphatic heterocycles. The molecule has 1 fully saturated rings. The number of ether oxygens (including phenoxy) is 1. The van der Waals surface area contributed by atoms with Gasteiger partial charge in [-0.05, 0) is 56.6 Å². The van der Waals surface area contributed by atoms with Crippen LogP contribution < -0.4 is 5.73 Å². The average molecular weight is 248 g/mol. The number of aromatic nitrogens is 1. The van der Waals surface area contributed by atoms with Gasteiger partial charge in [0.15, 0.2) is 0 Å². The van der Waals surface area contributed by atoms with Crippen molar-refractivity contribution in [2.24, 2.45) is 5.73 Å². The number of aryl methyl sites for hydroxylation is 1. The Balaban J connectivity index is 1.56. The minimum absolute atomic E-state index is 0.312. The summed E-state index contributed by atoms with van der Waals surface area (Å²) in [5.74, 6) is 0. The highest BCUT2D eigenvalue weighted by Crippen LogP contribution is 2.18. The van der Waals surface area contributed by atoms with E-state index in [2.05, 4.69) is 11.1 Å². The minimum atomic E-state index is 0.312. The molecule has 0 spiro atoms. The zero-order valence-electron chi connectivity index (χ0n) is 11.1. The summed E-state index contributed by atoms with van der Waals surface area (Å²) in [4.78, 5) is 4.12. The van der Waals surface area contributed by atoms with Crippen molar-refractivity contribution in [1.29, 1.82) is 0 Å². The molecule has 100 valence electrons. The Hall–Kier alpha value is -0.930. The quantitative estimate of drug-likeness (QED) is 0.807. The number of rotatable bonds is 7. The van der Waals surface area contributed by atoms with Gasteiger partial charge in [-0.15, -0.1) is 0 Å². The van der Waals surface area contributed by atoms with Gasteiger partial charge in [0.2, 0.25) is 0 Å². The normalized spacial score (nSPS) is 21.1. The summed E-state index contributed by atoms with van der Waals surface area (Å²) in [7, 11) is 0. The number of hydrogen-bond acceptors (Lipinski definition) is 3. The van der Waals surface area contributed by atoms with E-state index in [1.165, 1.54) is 31.2 Å². The van der Waals surface area contributed by atoms with Gasteiger partial charge in [0.1, 0.15) is 0 Å². The molecule has 2 atom stereocenters. The maximum atomic E-state index is 6.15. The van der Waals surface area contributed by atoms with Gasteiger partial charge in [0.25, 0.3) is 0 Å². The van der Waals surface area contributed by atoms with E-state index < -0.39 is 0 Å². The lowest BCUT2D eigenvalue weighted by Crippen LogP contribution is -2.21. The van der Waals surface area contributed by atoms with Crippen LogP contribution in [-0.2, 0) is 11.2 Å². The van der Waals surface area contributed by atoms with E-state index in [9.17, 15) is 0 Å². The summed E-state index contributed by atoms with van der Waals surface area (Å²) < 4.78 is 5.61. The zero-order chi connectivity index (χ0) is 12.6. The van der Waals surface area contributed by atoms with E-state index >= 15 is 0 Å². The van der Waals surface area contributed by atoms with Gasteiger partial charge >= 0.3 is 0 Å². The maximum Gasteiger partial charge on any atom is 0.0576 e. The first kappa shape index (κ1) is 13.5. The van der Waals surface area contributed by atoms with E-state index in [4.69, 9.17) is 10.5 Å². The highest BCUT2D eigenvalue weighted by molar-refractivity contribution is 5.08. The van der Waals surface area contributed by atoms with Gasteiger partial charge in [-0.3, -0.25) is 4.98 Å². The lowest BCUT2D eigenvalue weighted by Gasteiger charge is -2.13. The van der Waals surface area contributed by atoms with Gasteiger partial charge in [-0.25, -0.2) is 0 Å². The van der Waals surface area contributed by atoms with Crippen molar-refractivity contribution in [3.05, 3.63) is 30.1 Å². The van der Waals surface area contributed by atoms with Crippen LogP contribution in [0.1, 0.15) is 44.1 Å². The van der Waals surface area contributed by atoms with E-state index in [1.807, 2.05) is 18.5 Å². The molecule has 0 amide bonds. The topological polar surface area (TPSA) is 48.1 Å². The van der Waals surface area contributed by atoms with Crippen molar-refractivity contribution in [1.82, 2.24) is 4.98 Å². The molecular formula is C15H24N2O. The second-order valence-electron chi connectivity index (χ2n) is 5.23. The van der Waals surface area contributed by atoms with Crippen LogP contribution in [0.3, 0.4) is 0 Å². The SMILES string of the molecule is NC(CCCC1CCCO1)CCc1cccnc1. The van der Waals surface area contributed by atoms with Gasteiger partial charge in [-0.2, -0.15) is 0 Å². The number of nitrogens with zero attached hydrogens (tertiary/aromatic N) is 1. The summed E-state index contributed by atoms with van der Waals surface area (Å²) >= 11 is 0. The fourth-order valence-corrected chi connectivity index (χ4v) is 2.52. The lowest BCUT2D eigenvalue weighted by atomic mass is 10.0. The first-order valence-corrected chi connectivity index (χ1v) is 7.10. The highest BCUT2D eigenvalue weighted by atomic mass is 16.5. The van der Waals surface area contributed by atoms with Crippen LogP contribution in [0.25, 0.3) is 0 Å². The Bertz CT molecular complexity index is 323. The van der Waals surface area contributed by atoms with Crippen LogP contribution in [0.2, 0.25) is 0 Å². The summed E-state index contributed by atoms with van der Waals surface area (Å²) in [5, 5.41) is 0. The van der Waals surface area contributed by atoms with Crippen LogP contribution in [0.15, 0.2) is 24.5 Å². The maximum absolute atomic E-state index is 6.15. The Morgan fingerprint density at radius 2 is 2.39 bits per heavy atom. The van der Waals surface area contributed by atoms with Crippen LogP contribution in [0.4, 0.5) is 0 Å². The standard InChI is InChI=1S/C15H24N2O/c16-14(5-1-6-15-7-3-11-18-15)9-8-13-4-2-10-17-12-13/h2,4,10,12,14-15H,1,3,5-9,11,16H2. The molecule has 2 unspecified atom stereocenters. The Kier molecular flexibility index (Phi) is 5.62. The van der Waals surface area contributed by atoms with Gasteiger partial charge in [0.05, 0.1) is 6.10 Å². The van der Waals surface area contributed by atoms with E-state index in [1.54, 1.807) is 0 Å².